The van der Waals surface area contributed by atoms with Crippen molar-refractivity contribution >= 4 is 5.82 Å². The Morgan fingerprint density at radius 1 is 1.35 bits per heavy atom. The lowest BCUT2D eigenvalue weighted by Gasteiger charge is -2.22. The van der Waals surface area contributed by atoms with E-state index < -0.39 is 0 Å². The molecule has 17 heavy (non-hydrogen) atoms. The van der Waals surface area contributed by atoms with Crippen molar-refractivity contribution < 1.29 is 9.47 Å². The summed E-state index contributed by atoms with van der Waals surface area (Å²) in [5.41, 5.74) is 3.04. The van der Waals surface area contributed by atoms with E-state index in [4.69, 9.17) is 15.3 Å². The highest BCUT2D eigenvalue weighted by atomic mass is 16.5. The number of nitrogen functional groups attached to an aromatic ring is 1. The average molecular weight is 240 g/mol. The van der Waals surface area contributed by atoms with Crippen LogP contribution in [0.5, 0.6) is 0 Å². The fourth-order valence-electron chi connectivity index (χ4n) is 1.10. The molecule has 0 fully saturated rings. The molecule has 0 unspecified atom stereocenters. The second kappa shape index (κ2) is 6.48. The molecule has 1 aromatic heterocycles. The number of rotatable bonds is 7. The second-order valence-electron chi connectivity index (χ2n) is 4.30. The van der Waals surface area contributed by atoms with Crippen LogP contribution in [0.25, 0.3) is 0 Å². The fraction of sp³-hybridized carbons (Fsp3) is 0.636. The molecule has 3 N–H and O–H groups in total. The van der Waals surface area contributed by atoms with Crippen molar-refractivity contribution in [1.82, 2.24) is 9.97 Å². The summed E-state index contributed by atoms with van der Waals surface area (Å²) in [7, 11) is 1.70. The predicted molar refractivity (Wildman–Crippen MR) is 65.2 cm³/mol. The van der Waals surface area contributed by atoms with Gasteiger partial charge in [0, 0.05) is 13.7 Å². The van der Waals surface area contributed by atoms with Gasteiger partial charge in [0.25, 0.3) is 0 Å². The normalized spacial score (nSPS) is 11.5. The van der Waals surface area contributed by atoms with Crippen molar-refractivity contribution in [2.75, 3.05) is 19.1 Å². The van der Waals surface area contributed by atoms with Gasteiger partial charge in [0.2, 0.25) is 0 Å². The van der Waals surface area contributed by atoms with Gasteiger partial charge in [0.15, 0.2) is 5.82 Å². The number of nitrogens with one attached hydrogen (secondary N) is 1. The van der Waals surface area contributed by atoms with Crippen molar-refractivity contribution in [3.63, 3.8) is 0 Å². The summed E-state index contributed by atoms with van der Waals surface area (Å²) >= 11 is 0. The number of hydrogen-bond donors (Lipinski definition) is 2. The molecule has 1 heterocycles. The maximum atomic E-state index is 5.50. The summed E-state index contributed by atoms with van der Waals surface area (Å²) in [6.07, 6.45) is 4.04. The van der Waals surface area contributed by atoms with Gasteiger partial charge < -0.3 is 14.9 Å². The standard InChI is InChI=1S/C11H20N4O2/c1-11(2,16-3)4-5-17-8-9-6-14-10(15-12)7-13-9/h6-7H,4-5,8,12H2,1-3H3,(H,14,15). The molecule has 0 aliphatic rings. The molecule has 0 atom stereocenters. The number of hydrogen-bond acceptors (Lipinski definition) is 6. The first-order valence-electron chi connectivity index (χ1n) is 5.48. The SMILES string of the molecule is COC(C)(C)CCOCc1cnc(NN)cn1. The molecule has 0 bridgehead atoms. The molecule has 1 aromatic rings. The number of hydrazine groups is 1. The van der Waals surface area contributed by atoms with Crippen LogP contribution in [-0.4, -0.2) is 29.3 Å². The van der Waals surface area contributed by atoms with Crippen LogP contribution in [0.1, 0.15) is 26.0 Å². The van der Waals surface area contributed by atoms with Gasteiger partial charge in [-0.1, -0.05) is 0 Å². The van der Waals surface area contributed by atoms with Gasteiger partial charge >= 0.3 is 0 Å². The number of ether oxygens (including phenoxy) is 2. The number of aromatic nitrogens is 2. The molecular formula is C11H20N4O2. The van der Waals surface area contributed by atoms with Gasteiger partial charge in [-0.3, -0.25) is 4.98 Å². The van der Waals surface area contributed by atoms with Gasteiger partial charge in [0.1, 0.15) is 0 Å². The van der Waals surface area contributed by atoms with E-state index in [0.29, 0.717) is 19.0 Å². The van der Waals surface area contributed by atoms with E-state index in [0.717, 1.165) is 12.1 Å². The van der Waals surface area contributed by atoms with E-state index in [1.807, 2.05) is 13.8 Å². The average Bonchev–Trinajstić information content (AvgIpc) is 2.35. The van der Waals surface area contributed by atoms with Crippen molar-refractivity contribution in [2.45, 2.75) is 32.5 Å². The number of methoxy groups -OCH3 is 1. The van der Waals surface area contributed by atoms with E-state index in [9.17, 15) is 0 Å². The summed E-state index contributed by atoms with van der Waals surface area (Å²) in [6.45, 7) is 5.12. The molecule has 6 nitrogen and oxygen atoms in total. The minimum absolute atomic E-state index is 0.154. The van der Waals surface area contributed by atoms with E-state index >= 15 is 0 Å². The first-order valence-corrected chi connectivity index (χ1v) is 5.48. The number of anilines is 1. The minimum atomic E-state index is -0.154. The Balaban J connectivity index is 2.26. The van der Waals surface area contributed by atoms with Crippen LogP contribution in [0.15, 0.2) is 12.4 Å². The summed E-state index contributed by atoms with van der Waals surface area (Å²) in [6, 6.07) is 0. The molecule has 1 rings (SSSR count). The van der Waals surface area contributed by atoms with Gasteiger partial charge in [-0.2, -0.15) is 0 Å². The Kier molecular flexibility index (Phi) is 5.27. The quantitative estimate of drug-likeness (QED) is 0.422. The predicted octanol–water partition coefficient (Wildman–Crippen LogP) is 1.09. The molecule has 0 amide bonds. The Morgan fingerprint density at radius 2 is 2.12 bits per heavy atom. The first-order chi connectivity index (χ1) is 8.07. The van der Waals surface area contributed by atoms with Crippen LogP contribution in [-0.2, 0) is 16.1 Å². The van der Waals surface area contributed by atoms with Crippen LogP contribution in [0.3, 0.4) is 0 Å². The van der Waals surface area contributed by atoms with E-state index in [1.165, 1.54) is 0 Å². The van der Waals surface area contributed by atoms with Crippen molar-refractivity contribution in [1.29, 1.82) is 0 Å². The van der Waals surface area contributed by atoms with E-state index in [1.54, 1.807) is 19.5 Å². The highest BCUT2D eigenvalue weighted by Gasteiger charge is 2.15. The molecule has 6 heteroatoms. The molecule has 0 saturated heterocycles. The third-order valence-electron chi connectivity index (χ3n) is 2.50. The van der Waals surface area contributed by atoms with Gasteiger partial charge in [-0.05, 0) is 20.3 Å². The zero-order valence-electron chi connectivity index (χ0n) is 10.6. The Hall–Kier alpha value is -1.24. The zero-order valence-corrected chi connectivity index (χ0v) is 10.6. The second-order valence-corrected chi connectivity index (χ2v) is 4.30. The Labute approximate surface area is 102 Å². The number of nitrogens with two attached hydrogens (primary N) is 1. The minimum Gasteiger partial charge on any atom is -0.379 e. The summed E-state index contributed by atoms with van der Waals surface area (Å²) in [5, 5.41) is 0. The van der Waals surface area contributed by atoms with Crippen LogP contribution in [0, 0.1) is 0 Å². The third kappa shape index (κ3) is 5.08. The largest absolute Gasteiger partial charge is 0.379 e. The molecule has 0 spiro atoms. The molecule has 0 saturated carbocycles. The first kappa shape index (κ1) is 13.8. The molecule has 0 aliphatic carbocycles. The molecule has 0 aromatic carbocycles. The third-order valence-corrected chi connectivity index (χ3v) is 2.50. The Morgan fingerprint density at radius 3 is 2.65 bits per heavy atom. The zero-order chi connectivity index (χ0) is 12.7. The van der Waals surface area contributed by atoms with Crippen molar-refractivity contribution in [3.8, 4) is 0 Å². The topological polar surface area (TPSA) is 82.3 Å². The van der Waals surface area contributed by atoms with Crippen LogP contribution in [0.4, 0.5) is 5.82 Å². The monoisotopic (exact) mass is 240 g/mol. The molecule has 0 aliphatic heterocycles. The highest BCUT2D eigenvalue weighted by Crippen LogP contribution is 2.12. The highest BCUT2D eigenvalue weighted by molar-refractivity contribution is 5.28. The van der Waals surface area contributed by atoms with Crippen LogP contribution >= 0.6 is 0 Å². The van der Waals surface area contributed by atoms with E-state index in [2.05, 4.69) is 15.4 Å². The smallest absolute Gasteiger partial charge is 0.158 e. The fourth-order valence-corrected chi connectivity index (χ4v) is 1.10. The Bertz CT molecular complexity index is 327. The molecule has 0 radical (unpaired) electrons. The molecular weight excluding hydrogens is 220 g/mol. The molecule has 96 valence electrons. The van der Waals surface area contributed by atoms with Crippen molar-refractivity contribution in [2.24, 2.45) is 5.84 Å². The van der Waals surface area contributed by atoms with Crippen molar-refractivity contribution in [3.05, 3.63) is 18.1 Å². The lowest BCUT2D eigenvalue weighted by molar-refractivity contribution is -0.0128. The maximum absolute atomic E-state index is 5.50. The van der Waals surface area contributed by atoms with Crippen LogP contribution in [0.2, 0.25) is 0 Å². The number of nitrogens with zero attached hydrogens (tertiary/aromatic N) is 2. The summed E-state index contributed by atoms with van der Waals surface area (Å²) in [4.78, 5) is 8.18. The van der Waals surface area contributed by atoms with Crippen LogP contribution < -0.4 is 11.3 Å². The summed E-state index contributed by atoms with van der Waals surface area (Å²) in [5.74, 6) is 5.72. The lowest BCUT2D eigenvalue weighted by atomic mass is 10.1. The van der Waals surface area contributed by atoms with Gasteiger partial charge in [-0.25, -0.2) is 10.8 Å². The summed E-state index contributed by atoms with van der Waals surface area (Å²) < 4.78 is 10.8. The maximum Gasteiger partial charge on any atom is 0.158 e. The van der Waals surface area contributed by atoms with Gasteiger partial charge in [-0.15, -0.1) is 0 Å². The van der Waals surface area contributed by atoms with E-state index in [-0.39, 0.29) is 5.60 Å². The van der Waals surface area contributed by atoms with Gasteiger partial charge in [0.05, 0.1) is 30.3 Å². The lowest BCUT2D eigenvalue weighted by Crippen LogP contribution is -2.24.